The Morgan fingerprint density at radius 1 is 1.00 bits per heavy atom. The predicted octanol–water partition coefficient (Wildman–Crippen LogP) is 6.69. The van der Waals surface area contributed by atoms with E-state index in [2.05, 4.69) is 0 Å². The van der Waals surface area contributed by atoms with Crippen LogP contribution >= 0.6 is 0 Å². The summed E-state index contributed by atoms with van der Waals surface area (Å²) in [6.07, 6.45) is -6.37. The van der Waals surface area contributed by atoms with Crippen molar-refractivity contribution in [2.45, 2.75) is 115 Å². The van der Waals surface area contributed by atoms with Crippen LogP contribution < -0.4 is 0 Å². The molecule has 3 fully saturated rings. The lowest BCUT2D eigenvalue weighted by molar-refractivity contribution is -0.333. The summed E-state index contributed by atoms with van der Waals surface area (Å²) in [5.74, 6) is -7.85. The second kappa shape index (κ2) is 11.0. The highest BCUT2D eigenvalue weighted by molar-refractivity contribution is 5.43. The molecule has 6 atom stereocenters. The number of ether oxygens (including phenoxy) is 2. The van der Waals surface area contributed by atoms with E-state index in [1.165, 1.54) is 6.92 Å². The molecule has 43 heavy (non-hydrogen) atoms. The molecular formula is C33H45F5O5. The van der Waals surface area contributed by atoms with Crippen molar-refractivity contribution in [3.63, 3.8) is 0 Å². The fraction of sp³-hybridized carbons (Fsp3) is 0.758. The summed E-state index contributed by atoms with van der Waals surface area (Å²) in [4.78, 5) is 0. The molecular weight excluding hydrogens is 571 g/mol. The van der Waals surface area contributed by atoms with Gasteiger partial charge in [-0.2, -0.15) is 22.0 Å². The van der Waals surface area contributed by atoms with Crippen molar-refractivity contribution < 1.29 is 46.7 Å². The Morgan fingerprint density at radius 2 is 1.63 bits per heavy atom. The van der Waals surface area contributed by atoms with Gasteiger partial charge in [0.2, 0.25) is 0 Å². The maximum Gasteiger partial charge on any atom is 0.456 e. The van der Waals surface area contributed by atoms with E-state index >= 15 is 0 Å². The molecule has 5 nitrogen and oxygen atoms in total. The molecule has 1 heterocycles. The summed E-state index contributed by atoms with van der Waals surface area (Å²) in [6.45, 7) is 8.17. The van der Waals surface area contributed by atoms with Gasteiger partial charge in [-0.15, -0.1) is 0 Å². The number of aliphatic hydroxyl groups excluding tert-OH is 2. The number of fused-ring (bicyclic) bond motifs is 2. The Morgan fingerprint density at radius 3 is 2.19 bits per heavy atom. The number of allylic oxidation sites excluding steroid dienone is 1. The van der Waals surface area contributed by atoms with E-state index in [1.54, 1.807) is 6.92 Å². The lowest BCUT2D eigenvalue weighted by Gasteiger charge is -2.59. The van der Waals surface area contributed by atoms with Crippen LogP contribution in [0.25, 0.3) is 0 Å². The highest BCUT2D eigenvalue weighted by Gasteiger charge is 2.69. The Kier molecular flexibility index (Phi) is 8.42. The second-order valence-corrected chi connectivity index (χ2v) is 14.5. The van der Waals surface area contributed by atoms with Crippen molar-refractivity contribution >= 4 is 0 Å². The highest BCUT2D eigenvalue weighted by Crippen LogP contribution is 2.64. The summed E-state index contributed by atoms with van der Waals surface area (Å²) < 4.78 is 83.0. The van der Waals surface area contributed by atoms with Crippen molar-refractivity contribution in [2.24, 2.45) is 22.7 Å². The average molecular weight is 617 g/mol. The minimum absolute atomic E-state index is 0.0504. The van der Waals surface area contributed by atoms with Crippen LogP contribution in [-0.2, 0) is 15.9 Å². The maximum atomic E-state index is 14.9. The Hall–Kier alpha value is -1.59. The van der Waals surface area contributed by atoms with Crippen LogP contribution in [-0.4, -0.2) is 64.7 Å². The molecule has 0 amide bonds. The third-order valence-electron chi connectivity index (χ3n) is 10.9. The van der Waals surface area contributed by atoms with Gasteiger partial charge in [-0.1, -0.05) is 64.0 Å². The zero-order valence-electron chi connectivity index (χ0n) is 25.4. The van der Waals surface area contributed by atoms with Gasteiger partial charge in [-0.3, -0.25) is 0 Å². The Labute approximate surface area is 250 Å². The minimum atomic E-state index is -5.90. The third kappa shape index (κ3) is 5.58. The lowest BCUT2D eigenvalue weighted by atomic mass is 9.48. The summed E-state index contributed by atoms with van der Waals surface area (Å²) in [6, 6.07) is 7.31. The molecule has 3 aliphatic carbocycles. The first kappa shape index (κ1) is 32.8. The van der Waals surface area contributed by atoms with Crippen LogP contribution in [0.3, 0.4) is 0 Å². The molecule has 3 N–H and O–H groups in total. The van der Waals surface area contributed by atoms with Gasteiger partial charge in [0.05, 0.1) is 18.8 Å². The number of hydrogen-bond acceptors (Lipinski definition) is 5. The molecule has 5 unspecified atom stereocenters. The van der Waals surface area contributed by atoms with Crippen molar-refractivity contribution in [2.75, 3.05) is 19.8 Å². The molecule has 4 aliphatic rings. The van der Waals surface area contributed by atoms with Crippen LogP contribution in [0.4, 0.5) is 22.0 Å². The molecule has 10 heteroatoms. The Bertz CT molecular complexity index is 1200. The molecule has 0 bridgehead atoms. The number of alkyl halides is 5. The van der Waals surface area contributed by atoms with E-state index in [1.807, 2.05) is 38.1 Å². The molecule has 1 aromatic carbocycles. The monoisotopic (exact) mass is 616 g/mol. The van der Waals surface area contributed by atoms with E-state index in [0.717, 1.165) is 22.3 Å². The first-order chi connectivity index (χ1) is 19.9. The highest BCUT2D eigenvalue weighted by atomic mass is 19.4. The lowest BCUT2D eigenvalue weighted by Crippen LogP contribution is -2.61. The maximum absolute atomic E-state index is 14.9. The molecule has 1 spiro atoms. The number of hydrogen-bond donors (Lipinski definition) is 3. The van der Waals surface area contributed by atoms with Gasteiger partial charge in [-0.25, -0.2) is 0 Å². The molecule has 0 radical (unpaired) electrons. The first-order valence-electron chi connectivity index (χ1n) is 15.5. The molecule has 1 aliphatic heterocycles. The zero-order valence-corrected chi connectivity index (χ0v) is 25.4. The summed E-state index contributed by atoms with van der Waals surface area (Å²) in [7, 11) is 0. The smallest absolute Gasteiger partial charge is 0.396 e. The number of rotatable bonds is 6. The van der Waals surface area contributed by atoms with Crippen LogP contribution in [0, 0.1) is 22.7 Å². The SMILES string of the molecule is CCC1C2CCC3(O)CC4(CCC3=C2[C@@H](c2ccc(CCO)cc2)CC1(C)C(O)C(F)(F)C(F)(F)F)OCC(C)(C)CO4. The molecule has 1 saturated heterocycles. The van der Waals surface area contributed by atoms with Crippen molar-refractivity contribution in [1.29, 1.82) is 0 Å². The van der Waals surface area contributed by atoms with Crippen molar-refractivity contribution in [3.05, 3.63) is 46.5 Å². The van der Waals surface area contributed by atoms with Gasteiger partial charge in [-0.05, 0) is 60.6 Å². The van der Waals surface area contributed by atoms with E-state index in [-0.39, 0.29) is 30.8 Å². The van der Waals surface area contributed by atoms with Crippen molar-refractivity contribution in [3.8, 4) is 0 Å². The van der Waals surface area contributed by atoms with Crippen molar-refractivity contribution in [1.82, 2.24) is 0 Å². The number of benzene rings is 1. The molecule has 1 aromatic rings. The normalized spacial score (nSPS) is 34.9. The van der Waals surface area contributed by atoms with Crippen LogP contribution in [0.15, 0.2) is 35.4 Å². The molecule has 2 saturated carbocycles. The van der Waals surface area contributed by atoms with Crippen LogP contribution in [0.2, 0.25) is 0 Å². The predicted molar refractivity (Wildman–Crippen MR) is 150 cm³/mol. The summed E-state index contributed by atoms with van der Waals surface area (Å²) >= 11 is 0. The number of aliphatic hydroxyl groups is 3. The van der Waals surface area contributed by atoms with Gasteiger partial charge in [0.1, 0.15) is 6.10 Å². The fourth-order valence-corrected chi connectivity index (χ4v) is 8.62. The first-order valence-corrected chi connectivity index (χ1v) is 15.5. The molecule has 5 rings (SSSR count). The zero-order chi connectivity index (χ0) is 31.6. The van der Waals surface area contributed by atoms with Gasteiger partial charge in [0.25, 0.3) is 0 Å². The van der Waals surface area contributed by atoms with E-state index in [9.17, 15) is 37.3 Å². The summed E-state index contributed by atoms with van der Waals surface area (Å²) in [5.41, 5.74) is 0.135. The summed E-state index contributed by atoms with van der Waals surface area (Å²) in [5, 5.41) is 32.6. The topological polar surface area (TPSA) is 79.2 Å². The average Bonchev–Trinajstić information content (AvgIpc) is 2.93. The minimum Gasteiger partial charge on any atom is -0.396 e. The molecule has 0 aromatic heterocycles. The largest absolute Gasteiger partial charge is 0.456 e. The number of halogens is 5. The van der Waals surface area contributed by atoms with Crippen LogP contribution in [0.1, 0.15) is 89.7 Å². The second-order valence-electron chi connectivity index (χ2n) is 14.5. The van der Waals surface area contributed by atoms with E-state index < -0.39 is 46.8 Å². The van der Waals surface area contributed by atoms with Gasteiger partial charge < -0.3 is 24.8 Å². The Balaban J connectivity index is 1.61. The standard InChI is InChI=1S/C33H45F5O5/c1-5-24-22-10-13-30(41)17-31(42-18-28(2,3)19-43-31)14-11-25(30)26(22)23(21-8-6-20(7-9-21)12-15-39)16-29(24,4)27(40)32(34,35)33(36,37)38/h6-9,22-24,27,39-41H,5,10-19H2,1-4H3/t22?,23-,24?,27?,29?,30?/m1/s1. The van der Waals surface area contributed by atoms with E-state index in [0.29, 0.717) is 51.7 Å². The van der Waals surface area contributed by atoms with E-state index in [4.69, 9.17) is 9.47 Å². The van der Waals surface area contributed by atoms with Gasteiger partial charge in [0.15, 0.2) is 5.79 Å². The molecule has 242 valence electrons. The van der Waals surface area contributed by atoms with Crippen LogP contribution in [0.5, 0.6) is 0 Å². The fourth-order valence-electron chi connectivity index (χ4n) is 8.62. The van der Waals surface area contributed by atoms with Gasteiger partial charge in [0, 0.05) is 36.2 Å². The quantitative estimate of drug-likeness (QED) is 0.245. The third-order valence-corrected chi connectivity index (χ3v) is 10.9. The van der Waals surface area contributed by atoms with Gasteiger partial charge >= 0.3 is 12.1 Å².